The SMILES string of the molecule is NC(=S)N/N=C/c1cc(F)c(N2CCN(C3CCCC3)CC2)cc1F. The first-order valence-corrected chi connectivity index (χ1v) is 9.02. The Morgan fingerprint density at radius 2 is 1.84 bits per heavy atom. The van der Waals surface area contributed by atoms with Gasteiger partial charge in [0, 0.05) is 43.9 Å². The van der Waals surface area contributed by atoms with Crippen molar-refractivity contribution in [3.8, 4) is 0 Å². The molecule has 0 radical (unpaired) electrons. The molecule has 0 unspecified atom stereocenters. The number of thiocarbonyl (C=S) groups is 1. The molecule has 1 saturated heterocycles. The van der Waals surface area contributed by atoms with Gasteiger partial charge in [-0.25, -0.2) is 8.78 Å². The molecule has 0 amide bonds. The average molecular weight is 367 g/mol. The van der Waals surface area contributed by atoms with E-state index in [-0.39, 0.29) is 10.7 Å². The molecule has 8 heteroatoms. The Labute approximate surface area is 151 Å². The maximum absolute atomic E-state index is 14.4. The number of benzene rings is 1. The summed E-state index contributed by atoms with van der Waals surface area (Å²) < 4.78 is 28.7. The van der Waals surface area contributed by atoms with Gasteiger partial charge in [0.2, 0.25) is 0 Å². The maximum Gasteiger partial charge on any atom is 0.184 e. The summed E-state index contributed by atoms with van der Waals surface area (Å²) >= 11 is 4.60. The fourth-order valence-electron chi connectivity index (χ4n) is 3.66. The summed E-state index contributed by atoms with van der Waals surface area (Å²) in [5.74, 6) is -0.976. The molecule has 0 bridgehead atoms. The van der Waals surface area contributed by atoms with E-state index >= 15 is 0 Å². The number of nitrogens with two attached hydrogens (primary N) is 1. The van der Waals surface area contributed by atoms with Gasteiger partial charge in [-0.15, -0.1) is 0 Å². The van der Waals surface area contributed by atoms with Crippen molar-refractivity contribution in [2.45, 2.75) is 31.7 Å². The number of hydrogen-bond acceptors (Lipinski definition) is 4. The molecule has 0 atom stereocenters. The first-order valence-electron chi connectivity index (χ1n) is 8.61. The van der Waals surface area contributed by atoms with Crippen molar-refractivity contribution in [1.82, 2.24) is 10.3 Å². The summed E-state index contributed by atoms with van der Waals surface area (Å²) in [5.41, 5.74) is 7.91. The van der Waals surface area contributed by atoms with E-state index in [4.69, 9.17) is 5.73 Å². The van der Waals surface area contributed by atoms with E-state index < -0.39 is 11.6 Å². The molecule has 0 spiro atoms. The van der Waals surface area contributed by atoms with E-state index in [1.807, 2.05) is 4.90 Å². The van der Waals surface area contributed by atoms with Gasteiger partial charge >= 0.3 is 0 Å². The molecule has 1 aliphatic carbocycles. The third-order valence-electron chi connectivity index (χ3n) is 4.94. The Bertz CT molecular complexity index is 653. The van der Waals surface area contributed by atoms with Crippen molar-refractivity contribution in [2.24, 2.45) is 10.8 Å². The lowest BCUT2D eigenvalue weighted by Crippen LogP contribution is -2.50. The second-order valence-electron chi connectivity index (χ2n) is 6.52. The molecule has 136 valence electrons. The number of halogens is 2. The number of rotatable bonds is 4. The monoisotopic (exact) mass is 367 g/mol. The highest BCUT2D eigenvalue weighted by molar-refractivity contribution is 7.80. The van der Waals surface area contributed by atoms with Gasteiger partial charge in [0.05, 0.1) is 11.9 Å². The highest BCUT2D eigenvalue weighted by Crippen LogP contribution is 2.27. The van der Waals surface area contributed by atoms with Crippen LogP contribution in [0.2, 0.25) is 0 Å². The quantitative estimate of drug-likeness (QED) is 0.485. The molecule has 5 nitrogen and oxygen atoms in total. The average Bonchev–Trinajstić information content (AvgIpc) is 3.12. The van der Waals surface area contributed by atoms with Crippen molar-refractivity contribution in [3.05, 3.63) is 29.3 Å². The number of hydrogen-bond donors (Lipinski definition) is 2. The van der Waals surface area contributed by atoms with Crippen molar-refractivity contribution in [3.63, 3.8) is 0 Å². The molecule has 1 aromatic rings. The van der Waals surface area contributed by atoms with Gasteiger partial charge in [0.15, 0.2) is 5.11 Å². The van der Waals surface area contributed by atoms with Gasteiger partial charge in [-0.3, -0.25) is 10.3 Å². The van der Waals surface area contributed by atoms with Gasteiger partial charge in [-0.2, -0.15) is 5.10 Å². The lowest BCUT2D eigenvalue weighted by molar-refractivity contribution is 0.187. The Morgan fingerprint density at radius 1 is 1.16 bits per heavy atom. The molecule has 0 aromatic heterocycles. The van der Waals surface area contributed by atoms with Crippen molar-refractivity contribution < 1.29 is 8.78 Å². The van der Waals surface area contributed by atoms with Crippen LogP contribution in [-0.4, -0.2) is 48.4 Å². The van der Waals surface area contributed by atoms with E-state index in [9.17, 15) is 8.78 Å². The number of anilines is 1. The van der Waals surface area contributed by atoms with Crippen LogP contribution >= 0.6 is 12.2 Å². The van der Waals surface area contributed by atoms with Crippen molar-refractivity contribution >= 4 is 29.2 Å². The van der Waals surface area contributed by atoms with E-state index in [0.29, 0.717) is 24.8 Å². The number of hydrazone groups is 1. The van der Waals surface area contributed by atoms with Crippen LogP contribution in [0.25, 0.3) is 0 Å². The molecule has 1 aliphatic heterocycles. The Balaban J connectivity index is 1.65. The third kappa shape index (κ3) is 4.43. The largest absolute Gasteiger partial charge is 0.375 e. The van der Waals surface area contributed by atoms with Crippen LogP contribution in [-0.2, 0) is 0 Å². The van der Waals surface area contributed by atoms with Gasteiger partial charge in [-0.05, 0) is 31.1 Å². The normalized spacial score (nSPS) is 19.7. The van der Waals surface area contributed by atoms with Crippen LogP contribution in [0.3, 0.4) is 0 Å². The summed E-state index contributed by atoms with van der Waals surface area (Å²) in [5, 5.41) is 3.64. The smallest absolute Gasteiger partial charge is 0.184 e. The lowest BCUT2D eigenvalue weighted by atomic mass is 10.1. The number of nitrogens with one attached hydrogen (secondary N) is 1. The lowest BCUT2D eigenvalue weighted by Gasteiger charge is -2.39. The van der Waals surface area contributed by atoms with Crippen LogP contribution in [0.5, 0.6) is 0 Å². The minimum atomic E-state index is -0.525. The molecule has 3 rings (SSSR count). The second-order valence-corrected chi connectivity index (χ2v) is 6.96. The van der Waals surface area contributed by atoms with Gasteiger partial charge < -0.3 is 10.6 Å². The predicted octanol–water partition coefficient (Wildman–Crippen LogP) is 2.20. The molecule has 3 N–H and O–H groups in total. The van der Waals surface area contributed by atoms with Crippen LogP contribution in [0.15, 0.2) is 17.2 Å². The number of nitrogens with zero attached hydrogens (tertiary/aromatic N) is 3. The highest BCUT2D eigenvalue weighted by atomic mass is 32.1. The fraction of sp³-hybridized carbons (Fsp3) is 0.529. The minimum absolute atomic E-state index is 0.0334. The summed E-state index contributed by atoms with van der Waals surface area (Å²) in [6.07, 6.45) is 6.29. The summed E-state index contributed by atoms with van der Waals surface area (Å²) in [4.78, 5) is 4.40. The van der Waals surface area contributed by atoms with Crippen molar-refractivity contribution in [1.29, 1.82) is 0 Å². The standard InChI is InChI=1S/C17H23F2N5S/c18-14-10-16(15(19)9-12(14)11-21-22-17(20)25)24-7-5-23(6-8-24)13-3-1-2-4-13/h9-11,13H,1-8H2,(H3,20,22,25)/b21-11+. The Morgan fingerprint density at radius 3 is 2.48 bits per heavy atom. The topological polar surface area (TPSA) is 56.9 Å². The summed E-state index contributed by atoms with van der Waals surface area (Å²) in [6, 6.07) is 3.06. The predicted molar refractivity (Wildman–Crippen MR) is 99.9 cm³/mol. The molecule has 2 aliphatic rings. The van der Waals surface area contributed by atoms with E-state index in [1.54, 1.807) is 0 Å². The summed E-state index contributed by atoms with van der Waals surface area (Å²) in [6.45, 7) is 3.21. The number of piperazine rings is 1. The molecule has 1 saturated carbocycles. The van der Waals surface area contributed by atoms with Crippen molar-refractivity contribution in [2.75, 3.05) is 31.1 Å². The Kier molecular flexibility index (Phi) is 5.80. The highest BCUT2D eigenvalue weighted by Gasteiger charge is 2.27. The van der Waals surface area contributed by atoms with Gasteiger partial charge in [-0.1, -0.05) is 12.8 Å². The van der Waals surface area contributed by atoms with E-state index in [1.165, 1.54) is 38.0 Å². The third-order valence-corrected chi connectivity index (χ3v) is 5.03. The molecule has 2 fully saturated rings. The summed E-state index contributed by atoms with van der Waals surface area (Å²) in [7, 11) is 0. The van der Waals surface area contributed by atoms with Crippen LogP contribution in [0.4, 0.5) is 14.5 Å². The molecule has 1 aromatic carbocycles. The zero-order chi connectivity index (χ0) is 17.8. The van der Waals surface area contributed by atoms with Crippen LogP contribution in [0, 0.1) is 11.6 Å². The molecular weight excluding hydrogens is 344 g/mol. The van der Waals surface area contributed by atoms with Gasteiger partial charge in [0.25, 0.3) is 0 Å². The fourth-order valence-corrected chi connectivity index (χ4v) is 3.71. The minimum Gasteiger partial charge on any atom is -0.375 e. The van der Waals surface area contributed by atoms with Crippen LogP contribution < -0.4 is 16.1 Å². The zero-order valence-electron chi connectivity index (χ0n) is 14.0. The first kappa shape index (κ1) is 18.0. The second kappa shape index (κ2) is 8.05. The van der Waals surface area contributed by atoms with E-state index in [2.05, 4.69) is 27.6 Å². The Hall–Kier alpha value is -1.80. The van der Waals surface area contributed by atoms with Gasteiger partial charge in [0.1, 0.15) is 11.6 Å². The molecular formula is C17H23F2N5S. The molecule has 1 heterocycles. The first-order chi connectivity index (χ1) is 12.0. The van der Waals surface area contributed by atoms with E-state index in [0.717, 1.165) is 19.2 Å². The maximum atomic E-state index is 14.4. The zero-order valence-corrected chi connectivity index (χ0v) is 14.9. The van der Waals surface area contributed by atoms with Crippen LogP contribution in [0.1, 0.15) is 31.2 Å². The molecule has 25 heavy (non-hydrogen) atoms.